The largest absolute Gasteiger partial charge is 0.436 e. The third-order valence-corrected chi connectivity index (χ3v) is 4.61. The molecule has 0 aliphatic heterocycles. The van der Waals surface area contributed by atoms with E-state index < -0.39 is 0 Å². The van der Waals surface area contributed by atoms with E-state index in [2.05, 4.69) is 10.3 Å². The van der Waals surface area contributed by atoms with Crippen molar-refractivity contribution in [3.8, 4) is 11.5 Å². The molecular formula is C22H17ClN2O2. The summed E-state index contributed by atoms with van der Waals surface area (Å²) in [7, 11) is 0. The molecule has 0 unspecified atom stereocenters. The van der Waals surface area contributed by atoms with Gasteiger partial charge >= 0.3 is 0 Å². The highest BCUT2D eigenvalue weighted by atomic mass is 35.5. The van der Waals surface area contributed by atoms with Crippen molar-refractivity contribution in [3.63, 3.8) is 0 Å². The van der Waals surface area contributed by atoms with Gasteiger partial charge in [0.05, 0.1) is 10.6 Å². The van der Waals surface area contributed by atoms with Crippen LogP contribution in [0, 0.1) is 13.8 Å². The van der Waals surface area contributed by atoms with Crippen molar-refractivity contribution in [1.29, 1.82) is 0 Å². The number of amides is 1. The molecule has 4 rings (SSSR count). The maximum atomic E-state index is 12.5. The van der Waals surface area contributed by atoms with Crippen molar-refractivity contribution in [2.24, 2.45) is 0 Å². The first kappa shape index (κ1) is 17.3. The minimum atomic E-state index is -0.180. The van der Waals surface area contributed by atoms with Crippen LogP contribution in [0.5, 0.6) is 0 Å². The monoisotopic (exact) mass is 376 g/mol. The SMILES string of the molecule is Cc1cccc(C(=O)Nc2ccc(Cl)c(-c3nc4cc(C)ccc4o3)c2)c1. The third-order valence-electron chi connectivity index (χ3n) is 4.28. The van der Waals surface area contributed by atoms with Crippen LogP contribution >= 0.6 is 11.6 Å². The Labute approximate surface area is 161 Å². The summed E-state index contributed by atoms with van der Waals surface area (Å²) in [6.45, 7) is 3.95. The number of halogens is 1. The molecule has 27 heavy (non-hydrogen) atoms. The first-order valence-corrected chi connectivity index (χ1v) is 8.92. The molecule has 4 nitrogen and oxygen atoms in total. The summed E-state index contributed by atoms with van der Waals surface area (Å²) in [5.74, 6) is 0.243. The van der Waals surface area contributed by atoms with E-state index in [1.54, 1.807) is 24.3 Å². The molecule has 1 N–H and O–H groups in total. The van der Waals surface area contributed by atoms with Gasteiger partial charge in [0.15, 0.2) is 5.58 Å². The Morgan fingerprint density at radius 1 is 1.00 bits per heavy atom. The molecule has 4 aromatic rings. The number of hydrogen-bond donors (Lipinski definition) is 1. The minimum Gasteiger partial charge on any atom is -0.436 e. The number of hydrogen-bond acceptors (Lipinski definition) is 3. The molecule has 3 aromatic carbocycles. The number of fused-ring (bicyclic) bond motifs is 1. The summed E-state index contributed by atoms with van der Waals surface area (Å²) >= 11 is 6.35. The standard InChI is InChI=1S/C22H17ClN2O2/c1-13-4-3-5-15(10-13)21(26)24-16-7-8-18(23)17(12-16)22-25-19-11-14(2)6-9-20(19)27-22/h3-12H,1-2H3,(H,24,26). The van der Waals surface area contributed by atoms with Gasteiger partial charge in [-0.1, -0.05) is 35.4 Å². The average Bonchev–Trinajstić information content (AvgIpc) is 3.06. The van der Waals surface area contributed by atoms with Gasteiger partial charge in [0.1, 0.15) is 5.52 Å². The Morgan fingerprint density at radius 2 is 1.81 bits per heavy atom. The predicted octanol–water partition coefficient (Wildman–Crippen LogP) is 6.02. The lowest BCUT2D eigenvalue weighted by molar-refractivity contribution is 0.102. The predicted molar refractivity (Wildman–Crippen MR) is 108 cm³/mol. The average molecular weight is 377 g/mol. The zero-order valence-corrected chi connectivity index (χ0v) is 15.7. The molecule has 0 bridgehead atoms. The molecule has 0 aliphatic carbocycles. The highest BCUT2D eigenvalue weighted by molar-refractivity contribution is 6.33. The Bertz CT molecular complexity index is 1160. The summed E-state index contributed by atoms with van der Waals surface area (Å²) < 4.78 is 5.84. The molecule has 0 atom stereocenters. The number of aromatic nitrogens is 1. The van der Waals surface area contributed by atoms with E-state index >= 15 is 0 Å². The number of nitrogens with zero attached hydrogens (tertiary/aromatic N) is 1. The van der Waals surface area contributed by atoms with Gasteiger partial charge in [0.25, 0.3) is 5.91 Å². The fraction of sp³-hybridized carbons (Fsp3) is 0.0909. The van der Waals surface area contributed by atoms with Gasteiger partial charge in [-0.3, -0.25) is 4.79 Å². The van der Waals surface area contributed by atoms with Crippen molar-refractivity contribution in [1.82, 2.24) is 4.98 Å². The first-order valence-electron chi connectivity index (χ1n) is 8.55. The fourth-order valence-electron chi connectivity index (χ4n) is 2.91. The number of nitrogens with one attached hydrogen (secondary N) is 1. The third kappa shape index (κ3) is 3.57. The molecule has 0 aliphatic rings. The summed E-state index contributed by atoms with van der Waals surface area (Å²) in [4.78, 5) is 17.0. The first-order chi connectivity index (χ1) is 13.0. The van der Waals surface area contributed by atoms with Gasteiger partial charge in [-0.25, -0.2) is 4.98 Å². The highest BCUT2D eigenvalue weighted by Gasteiger charge is 2.14. The normalized spacial score (nSPS) is 10.9. The summed E-state index contributed by atoms with van der Waals surface area (Å²) in [6, 6.07) is 18.5. The number of rotatable bonds is 3. The molecule has 1 aromatic heterocycles. The Balaban J connectivity index is 1.67. The topological polar surface area (TPSA) is 55.1 Å². The van der Waals surface area contributed by atoms with Crippen LogP contribution in [0.2, 0.25) is 5.02 Å². The maximum absolute atomic E-state index is 12.5. The quantitative estimate of drug-likeness (QED) is 0.475. The van der Waals surface area contributed by atoms with Gasteiger partial charge < -0.3 is 9.73 Å². The Morgan fingerprint density at radius 3 is 2.63 bits per heavy atom. The molecule has 0 fully saturated rings. The molecule has 134 valence electrons. The van der Waals surface area contributed by atoms with Gasteiger partial charge in [0, 0.05) is 11.3 Å². The van der Waals surface area contributed by atoms with Crippen LogP contribution < -0.4 is 5.32 Å². The van der Waals surface area contributed by atoms with E-state index in [-0.39, 0.29) is 5.91 Å². The highest BCUT2D eigenvalue weighted by Crippen LogP contribution is 2.32. The van der Waals surface area contributed by atoms with E-state index in [0.29, 0.717) is 33.3 Å². The van der Waals surface area contributed by atoms with Crippen molar-refractivity contribution in [2.75, 3.05) is 5.32 Å². The second-order valence-electron chi connectivity index (χ2n) is 6.51. The van der Waals surface area contributed by atoms with Crippen LogP contribution in [-0.2, 0) is 0 Å². The number of oxazole rings is 1. The molecule has 5 heteroatoms. The Kier molecular flexibility index (Phi) is 4.42. The van der Waals surface area contributed by atoms with Crippen LogP contribution in [-0.4, -0.2) is 10.9 Å². The van der Waals surface area contributed by atoms with Gasteiger partial charge in [-0.15, -0.1) is 0 Å². The summed E-state index contributed by atoms with van der Waals surface area (Å²) in [5.41, 5.74) is 5.46. The second-order valence-corrected chi connectivity index (χ2v) is 6.92. The summed E-state index contributed by atoms with van der Waals surface area (Å²) in [5, 5.41) is 3.40. The number of anilines is 1. The molecule has 0 saturated heterocycles. The van der Waals surface area contributed by atoms with E-state index in [0.717, 1.165) is 16.6 Å². The van der Waals surface area contributed by atoms with Gasteiger partial charge in [0.2, 0.25) is 5.89 Å². The summed E-state index contributed by atoms with van der Waals surface area (Å²) in [6.07, 6.45) is 0. The number of benzene rings is 3. The van der Waals surface area contributed by atoms with E-state index in [1.807, 2.05) is 50.2 Å². The van der Waals surface area contributed by atoms with Crippen molar-refractivity contribution < 1.29 is 9.21 Å². The van der Waals surface area contributed by atoms with Gasteiger partial charge in [-0.2, -0.15) is 0 Å². The second kappa shape index (κ2) is 6.89. The van der Waals surface area contributed by atoms with Crippen molar-refractivity contribution in [2.45, 2.75) is 13.8 Å². The fourth-order valence-corrected chi connectivity index (χ4v) is 3.11. The lowest BCUT2D eigenvalue weighted by Crippen LogP contribution is -2.12. The van der Waals surface area contributed by atoms with Crippen LogP contribution in [0.25, 0.3) is 22.6 Å². The molecule has 1 amide bonds. The Hall–Kier alpha value is -3.11. The minimum absolute atomic E-state index is 0.180. The lowest BCUT2D eigenvalue weighted by Gasteiger charge is -2.08. The zero-order chi connectivity index (χ0) is 19.0. The number of carbonyl (C=O) groups excluding carboxylic acids is 1. The van der Waals surface area contributed by atoms with E-state index in [4.69, 9.17) is 16.0 Å². The number of carbonyl (C=O) groups is 1. The molecular weight excluding hydrogens is 360 g/mol. The zero-order valence-electron chi connectivity index (χ0n) is 14.9. The number of aryl methyl sites for hydroxylation is 2. The smallest absolute Gasteiger partial charge is 0.255 e. The lowest BCUT2D eigenvalue weighted by atomic mass is 10.1. The molecule has 0 saturated carbocycles. The van der Waals surface area contributed by atoms with Crippen molar-refractivity contribution in [3.05, 3.63) is 82.4 Å². The maximum Gasteiger partial charge on any atom is 0.255 e. The van der Waals surface area contributed by atoms with E-state index in [1.165, 1.54) is 0 Å². The van der Waals surface area contributed by atoms with Crippen LogP contribution in [0.15, 0.2) is 65.1 Å². The van der Waals surface area contributed by atoms with Gasteiger partial charge in [-0.05, 0) is 61.9 Å². The molecule has 0 spiro atoms. The van der Waals surface area contributed by atoms with Crippen LogP contribution in [0.3, 0.4) is 0 Å². The molecule has 1 heterocycles. The van der Waals surface area contributed by atoms with Crippen molar-refractivity contribution >= 4 is 34.3 Å². The molecule has 0 radical (unpaired) electrons. The van der Waals surface area contributed by atoms with Crippen LogP contribution in [0.1, 0.15) is 21.5 Å². The van der Waals surface area contributed by atoms with Crippen LogP contribution in [0.4, 0.5) is 5.69 Å². The van der Waals surface area contributed by atoms with E-state index in [9.17, 15) is 4.79 Å².